The van der Waals surface area contributed by atoms with E-state index >= 15 is 0 Å². The van der Waals surface area contributed by atoms with Gasteiger partial charge >= 0.3 is 0 Å². The topological polar surface area (TPSA) is 118 Å². The summed E-state index contributed by atoms with van der Waals surface area (Å²) >= 11 is 12.1. The number of hydrogen-bond donors (Lipinski definition) is 2. The average molecular weight is 406 g/mol. The largest absolute Gasteiger partial charge is 0.290 e. The molecule has 9 nitrogen and oxygen atoms in total. The van der Waals surface area contributed by atoms with Crippen LogP contribution in [0.5, 0.6) is 0 Å². The molecule has 0 spiro atoms. The number of aromatic nitrogens is 5. The van der Waals surface area contributed by atoms with Gasteiger partial charge in [0.1, 0.15) is 11.4 Å². The molecule has 0 saturated heterocycles. The lowest BCUT2D eigenvalue weighted by molar-refractivity contribution is 0.0947. The molecule has 2 heterocycles. The van der Waals surface area contributed by atoms with Gasteiger partial charge in [-0.3, -0.25) is 14.6 Å². The molecule has 0 saturated carbocycles. The molecule has 0 aliphatic carbocycles. The Bertz CT molecular complexity index is 1080. The number of benzene rings is 1. The van der Waals surface area contributed by atoms with Crippen molar-refractivity contribution >= 4 is 35.3 Å². The quantitative estimate of drug-likeness (QED) is 0.508. The molecule has 0 bridgehead atoms. The Kier molecular flexibility index (Phi) is 5.33. The van der Waals surface area contributed by atoms with Gasteiger partial charge in [-0.15, -0.1) is 10.2 Å². The van der Waals surface area contributed by atoms with Crippen molar-refractivity contribution in [2.24, 2.45) is 5.10 Å². The first-order valence-corrected chi connectivity index (χ1v) is 8.40. The summed E-state index contributed by atoms with van der Waals surface area (Å²) in [4.78, 5) is 26.7. The Hall–Kier alpha value is -3.04. The minimum Gasteiger partial charge on any atom is -0.288 e. The van der Waals surface area contributed by atoms with E-state index in [0.717, 1.165) is 0 Å². The van der Waals surface area contributed by atoms with E-state index in [1.165, 1.54) is 23.9 Å². The van der Waals surface area contributed by atoms with Crippen LogP contribution in [0.2, 0.25) is 10.0 Å². The molecule has 2 N–H and O–H groups in total. The zero-order chi connectivity index (χ0) is 19.6. The second kappa shape index (κ2) is 7.68. The minimum absolute atomic E-state index is 0.0157. The summed E-state index contributed by atoms with van der Waals surface area (Å²) in [7, 11) is 0. The van der Waals surface area contributed by atoms with E-state index in [1.807, 2.05) is 0 Å². The van der Waals surface area contributed by atoms with Gasteiger partial charge in [0.25, 0.3) is 17.4 Å². The molecule has 0 fully saturated rings. The van der Waals surface area contributed by atoms with Gasteiger partial charge < -0.3 is 0 Å². The maximum atomic E-state index is 12.5. The summed E-state index contributed by atoms with van der Waals surface area (Å²) in [5, 5.41) is 16.4. The van der Waals surface area contributed by atoms with Crippen molar-refractivity contribution in [3.05, 3.63) is 67.3 Å². The number of aryl methyl sites for hydroxylation is 2. The molecule has 0 unspecified atom stereocenters. The van der Waals surface area contributed by atoms with E-state index in [0.29, 0.717) is 21.3 Å². The summed E-state index contributed by atoms with van der Waals surface area (Å²) in [6.45, 7) is 3.21. The number of carbonyl (C=O) groups excluding carboxylic acids is 1. The molecular formula is C16H13Cl2N7O2. The van der Waals surface area contributed by atoms with Crippen LogP contribution >= 0.6 is 23.2 Å². The van der Waals surface area contributed by atoms with Gasteiger partial charge in [-0.1, -0.05) is 29.3 Å². The fraction of sp³-hybridized carbons (Fsp3) is 0.125. The SMILES string of the molecule is Cc1cc(C(=O)N/N=C\c2c(Cl)cccc2Cl)n(-c2nnc(C)c(=O)[nH]2)n1. The molecule has 0 atom stereocenters. The zero-order valence-corrected chi connectivity index (χ0v) is 15.7. The molecule has 1 aromatic carbocycles. The highest BCUT2D eigenvalue weighted by atomic mass is 35.5. The second-order valence-electron chi connectivity index (χ2n) is 5.48. The summed E-state index contributed by atoms with van der Waals surface area (Å²) in [6, 6.07) is 6.53. The summed E-state index contributed by atoms with van der Waals surface area (Å²) < 4.78 is 1.18. The molecule has 2 aromatic heterocycles. The average Bonchev–Trinajstić information content (AvgIpc) is 3.01. The van der Waals surface area contributed by atoms with Crippen molar-refractivity contribution in [1.29, 1.82) is 0 Å². The molecule has 0 radical (unpaired) electrons. The van der Waals surface area contributed by atoms with E-state index in [2.05, 4.69) is 30.8 Å². The third-order valence-electron chi connectivity index (χ3n) is 3.47. The van der Waals surface area contributed by atoms with Crippen LogP contribution in [0.3, 0.4) is 0 Å². The summed E-state index contributed by atoms with van der Waals surface area (Å²) in [6.07, 6.45) is 1.34. The van der Waals surface area contributed by atoms with Crippen LogP contribution in [0.15, 0.2) is 34.2 Å². The summed E-state index contributed by atoms with van der Waals surface area (Å²) in [5.74, 6) is -0.555. The Labute approximate surface area is 163 Å². The third-order valence-corrected chi connectivity index (χ3v) is 4.13. The number of nitrogens with one attached hydrogen (secondary N) is 2. The van der Waals surface area contributed by atoms with Crippen LogP contribution in [-0.4, -0.2) is 37.1 Å². The van der Waals surface area contributed by atoms with Gasteiger partial charge in [-0.2, -0.15) is 14.9 Å². The number of hydrogen-bond acceptors (Lipinski definition) is 6. The first-order valence-electron chi connectivity index (χ1n) is 7.65. The Morgan fingerprint density at radius 2 is 1.96 bits per heavy atom. The van der Waals surface area contributed by atoms with Crippen molar-refractivity contribution in [2.75, 3.05) is 0 Å². The highest BCUT2D eigenvalue weighted by Crippen LogP contribution is 2.22. The van der Waals surface area contributed by atoms with E-state index in [-0.39, 0.29) is 17.3 Å². The lowest BCUT2D eigenvalue weighted by Gasteiger charge is -2.05. The molecule has 27 heavy (non-hydrogen) atoms. The highest BCUT2D eigenvalue weighted by molar-refractivity contribution is 6.38. The molecule has 1 amide bonds. The number of rotatable bonds is 4. The minimum atomic E-state index is -0.571. The lowest BCUT2D eigenvalue weighted by Crippen LogP contribution is -2.24. The normalized spacial score (nSPS) is 11.1. The maximum Gasteiger partial charge on any atom is 0.290 e. The van der Waals surface area contributed by atoms with Gasteiger partial charge in [0.05, 0.1) is 22.0 Å². The Morgan fingerprint density at radius 1 is 1.26 bits per heavy atom. The van der Waals surface area contributed by atoms with E-state index in [9.17, 15) is 9.59 Å². The molecular weight excluding hydrogens is 393 g/mol. The molecule has 138 valence electrons. The van der Waals surface area contributed by atoms with Crippen LogP contribution in [-0.2, 0) is 0 Å². The third kappa shape index (κ3) is 4.04. The second-order valence-corrected chi connectivity index (χ2v) is 6.29. The van der Waals surface area contributed by atoms with Crippen molar-refractivity contribution in [3.8, 4) is 5.95 Å². The Morgan fingerprint density at radius 3 is 2.63 bits per heavy atom. The van der Waals surface area contributed by atoms with Crippen LogP contribution in [0, 0.1) is 13.8 Å². The first-order chi connectivity index (χ1) is 12.9. The smallest absolute Gasteiger partial charge is 0.288 e. The highest BCUT2D eigenvalue weighted by Gasteiger charge is 2.17. The van der Waals surface area contributed by atoms with Crippen LogP contribution < -0.4 is 11.0 Å². The zero-order valence-electron chi connectivity index (χ0n) is 14.2. The van der Waals surface area contributed by atoms with Crippen LogP contribution in [0.1, 0.15) is 27.4 Å². The molecule has 11 heteroatoms. The van der Waals surface area contributed by atoms with Gasteiger partial charge in [0, 0.05) is 5.56 Å². The van der Waals surface area contributed by atoms with Crippen LogP contribution in [0.4, 0.5) is 0 Å². The van der Waals surface area contributed by atoms with Gasteiger partial charge in [0.2, 0.25) is 0 Å². The van der Waals surface area contributed by atoms with Gasteiger partial charge in [0.15, 0.2) is 0 Å². The van der Waals surface area contributed by atoms with Crippen molar-refractivity contribution in [3.63, 3.8) is 0 Å². The van der Waals surface area contributed by atoms with Gasteiger partial charge in [-0.05, 0) is 32.0 Å². The van der Waals surface area contributed by atoms with E-state index in [4.69, 9.17) is 23.2 Å². The van der Waals surface area contributed by atoms with Crippen molar-refractivity contribution in [2.45, 2.75) is 13.8 Å². The summed E-state index contributed by atoms with van der Waals surface area (Å²) in [5.41, 5.74) is 3.27. The molecule has 3 rings (SSSR count). The van der Waals surface area contributed by atoms with E-state index < -0.39 is 11.5 Å². The monoisotopic (exact) mass is 405 g/mol. The fourth-order valence-electron chi connectivity index (χ4n) is 2.15. The van der Waals surface area contributed by atoms with Crippen LogP contribution in [0.25, 0.3) is 5.95 Å². The fourth-order valence-corrected chi connectivity index (χ4v) is 2.64. The maximum absolute atomic E-state index is 12.5. The predicted molar refractivity (Wildman–Crippen MR) is 101 cm³/mol. The number of aromatic amines is 1. The number of halogens is 2. The number of H-pyrrole nitrogens is 1. The molecule has 3 aromatic rings. The Balaban J connectivity index is 1.86. The van der Waals surface area contributed by atoms with E-state index in [1.54, 1.807) is 25.1 Å². The number of amides is 1. The number of nitrogens with zero attached hydrogens (tertiary/aromatic N) is 5. The molecule has 0 aliphatic rings. The number of hydrazone groups is 1. The standard InChI is InChI=1S/C16H13Cl2N7O2/c1-8-6-13(25(24-8)16-20-14(26)9(2)21-23-16)15(27)22-19-7-10-11(17)4-3-5-12(10)18/h3-7H,1-2H3,(H,22,27)(H,20,23,26)/b19-7-. The lowest BCUT2D eigenvalue weighted by atomic mass is 10.2. The van der Waals surface area contributed by atoms with Crippen molar-refractivity contribution < 1.29 is 4.79 Å². The molecule has 0 aliphatic heterocycles. The van der Waals surface area contributed by atoms with Gasteiger partial charge in [-0.25, -0.2) is 5.43 Å². The van der Waals surface area contributed by atoms with Crippen molar-refractivity contribution in [1.82, 2.24) is 30.4 Å². The first kappa shape index (κ1) is 18.7. The predicted octanol–water partition coefficient (Wildman–Crippen LogP) is 2.04. The number of carbonyl (C=O) groups is 1.